The Bertz CT molecular complexity index is 753. The van der Waals surface area contributed by atoms with Gasteiger partial charge in [0.2, 0.25) is 5.91 Å². The number of nitrogens with zero attached hydrogens (tertiary/aromatic N) is 2. The summed E-state index contributed by atoms with van der Waals surface area (Å²) < 4.78 is 0. The molecule has 2 aliphatic rings. The van der Waals surface area contributed by atoms with Crippen molar-refractivity contribution in [1.82, 2.24) is 15.4 Å². The van der Waals surface area contributed by atoms with Gasteiger partial charge in [-0.3, -0.25) is 19.2 Å². The number of hydrogen-bond donors (Lipinski definition) is 2. The van der Waals surface area contributed by atoms with Gasteiger partial charge in [-0.1, -0.05) is 20.3 Å². The zero-order valence-corrected chi connectivity index (χ0v) is 18.2. The first-order valence-corrected chi connectivity index (χ1v) is 10.7. The summed E-state index contributed by atoms with van der Waals surface area (Å²) >= 11 is 0. The SMILES string of the molecule is CCC(C)[C@H](NC(=O)CCCCC(=O)ON1C(=O)CCC1O)C(=O)ON1C(=O)CCC1=O. The van der Waals surface area contributed by atoms with Crippen LogP contribution < -0.4 is 5.32 Å². The molecule has 2 aliphatic heterocycles. The molecule has 2 fully saturated rings. The molecule has 32 heavy (non-hydrogen) atoms. The summed E-state index contributed by atoms with van der Waals surface area (Å²) in [4.78, 5) is 81.1. The highest BCUT2D eigenvalue weighted by molar-refractivity contribution is 6.02. The zero-order valence-electron chi connectivity index (χ0n) is 18.2. The zero-order chi connectivity index (χ0) is 23.8. The van der Waals surface area contributed by atoms with E-state index in [0.717, 1.165) is 0 Å². The number of aliphatic hydroxyl groups excluding tert-OH is 1. The van der Waals surface area contributed by atoms with Gasteiger partial charge in [0, 0.05) is 38.5 Å². The lowest BCUT2D eigenvalue weighted by Gasteiger charge is -2.24. The van der Waals surface area contributed by atoms with Gasteiger partial charge in [0.1, 0.15) is 6.04 Å². The molecule has 0 spiro atoms. The van der Waals surface area contributed by atoms with Gasteiger partial charge in [0.25, 0.3) is 17.7 Å². The lowest BCUT2D eigenvalue weighted by molar-refractivity contribution is -0.220. The highest BCUT2D eigenvalue weighted by Crippen LogP contribution is 2.18. The molecule has 178 valence electrons. The van der Waals surface area contributed by atoms with Crippen molar-refractivity contribution in [2.75, 3.05) is 0 Å². The molecule has 0 saturated carbocycles. The Hall–Kier alpha value is -3.02. The molecule has 0 bridgehead atoms. The number of nitrogens with one attached hydrogen (secondary N) is 1. The van der Waals surface area contributed by atoms with Crippen molar-refractivity contribution in [3.05, 3.63) is 0 Å². The van der Waals surface area contributed by atoms with E-state index in [9.17, 15) is 33.9 Å². The second kappa shape index (κ2) is 11.6. The molecule has 2 N–H and O–H groups in total. The maximum atomic E-state index is 12.5. The summed E-state index contributed by atoms with van der Waals surface area (Å²) in [6.07, 6.45) is 0.207. The van der Waals surface area contributed by atoms with Crippen molar-refractivity contribution in [2.45, 2.75) is 83.9 Å². The summed E-state index contributed by atoms with van der Waals surface area (Å²) in [5.74, 6) is -4.02. The highest BCUT2D eigenvalue weighted by atomic mass is 16.7. The Kier molecular flexibility index (Phi) is 9.12. The van der Waals surface area contributed by atoms with Crippen LogP contribution in [0, 0.1) is 5.92 Å². The third kappa shape index (κ3) is 6.74. The minimum absolute atomic E-state index is 0.0142. The molecule has 2 heterocycles. The van der Waals surface area contributed by atoms with E-state index in [0.29, 0.717) is 29.4 Å². The number of aliphatic hydroxyl groups is 1. The smallest absolute Gasteiger partial charge is 0.355 e. The molecule has 2 unspecified atom stereocenters. The van der Waals surface area contributed by atoms with Gasteiger partial charge in [-0.25, -0.2) is 9.59 Å². The summed E-state index contributed by atoms with van der Waals surface area (Å²) in [7, 11) is 0. The van der Waals surface area contributed by atoms with Gasteiger partial charge in [0.15, 0.2) is 6.23 Å². The van der Waals surface area contributed by atoms with Crippen LogP contribution >= 0.6 is 0 Å². The molecule has 0 aromatic rings. The van der Waals surface area contributed by atoms with Crippen LogP contribution in [0.5, 0.6) is 0 Å². The molecule has 2 saturated heterocycles. The third-order valence-corrected chi connectivity index (χ3v) is 5.34. The number of amides is 4. The van der Waals surface area contributed by atoms with E-state index in [1.165, 1.54) is 0 Å². The maximum absolute atomic E-state index is 12.5. The maximum Gasteiger partial charge on any atom is 0.355 e. The summed E-state index contributed by atoms with van der Waals surface area (Å²) in [6, 6.07) is -1.04. The van der Waals surface area contributed by atoms with Gasteiger partial charge in [-0.05, 0) is 18.8 Å². The number of rotatable bonds is 11. The van der Waals surface area contributed by atoms with Crippen molar-refractivity contribution in [2.24, 2.45) is 5.92 Å². The van der Waals surface area contributed by atoms with E-state index in [-0.39, 0.29) is 44.4 Å². The molecule has 0 radical (unpaired) electrons. The Morgan fingerprint density at radius 2 is 1.66 bits per heavy atom. The number of hydrogen-bond acceptors (Lipinski definition) is 9. The highest BCUT2D eigenvalue weighted by Gasteiger charge is 2.37. The predicted molar refractivity (Wildman–Crippen MR) is 105 cm³/mol. The third-order valence-electron chi connectivity index (χ3n) is 5.34. The number of carbonyl (C=O) groups is 6. The minimum Gasteiger partial charge on any atom is -0.370 e. The van der Waals surface area contributed by atoms with Gasteiger partial charge < -0.3 is 20.1 Å². The second-order valence-corrected chi connectivity index (χ2v) is 7.83. The standard InChI is InChI=1S/C20H29N3O9/c1-3-12(2)19(20(30)32-23-16(27)10-11-17(23)28)21-13(24)6-4-5-7-18(29)31-22-14(25)8-9-15(22)26/h12,14,19,25H,3-11H2,1-2H3,(H,21,24)/t12?,14?,19-/m0/s1. The molecular formula is C20H29N3O9. The second-order valence-electron chi connectivity index (χ2n) is 7.83. The average Bonchev–Trinajstić information content (AvgIpc) is 3.24. The molecule has 12 nitrogen and oxygen atoms in total. The fourth-order valence-corrected chi connectivity index (χ4v) is 3.19. The van der Waals surface area contributed by atoms with Crippen molar-refractivity contribution < 1.29 is 43.5 Å². The van der Waals surface area contributed by atoms with E-state index in [1.807, 2.05) is 6.92 Å². The first-order valence-electron chi connectivity index (χ1n) is 10.7. The molecule has 2 rings (SSSR count). The van der Waals surface area contributed by atoms with E-state index in [4.69, 9.17) is 9.68 Å². The summed E-state index contributed by atoms with van der Waals surface area (Å²) in [5.41, 5.74) is 0. The Balaban J connectivity index is 1.76. The van der Waals surface area contributed by atoms with Crippen LogP contribution in [0.1, 0.15) is 71.6 Å². The molecule has 0 aromatic carbocycles. The van der Waals surface area contributed by atoms with E-state index in [2.05, 4.69) is 5.32 Å². The number of unbranched alkanes of at least 4 members (excludes halogenated alkanes) is 1. The van der Waals surface area contributed by atoms with E-state index < -0.39 is 47.8 Å². The van der Waals surface area contributed by atoms with Crippen LogP contribution in [0.4, 0.5) is 0 Å². The van der Waals surface area contributed by atoms with Crippen molar-refractivity contribution in [1.29, 1.82) is 0 Å². The molecule has 0 aromatic heterocycles. The van der Waals surface area contributed by atoms with Crippen molar-refractivity contribution >= 4 is 35.6 Å². The fraction of sp³-hybridized carbons (Fsp3) is 0.700. The number of hydroxylamine groups is 4. The minimum atomic E-state index is -1.14. The average molecular weight is 455 g/mol. The van der Waals surface area contributed by atoms with Crippen LogP contribution in [-0.4, -0.2) is 63.1 Å². The number of carbonyl (C=O) groups excluding carboxylic acids is 6. The lowest BCUT2D eigenvalue weighted by atomic mass is 9.99. The Morgan fingerprint density at radius 1 is 1.03 bits per heavy atom. The lowest BCUT2D eigenvalue weighted by Crippen LogP contribution is -2.48. The summed E-state index contributed by atoms with van der Waals surface area (Å²) in [5, 5.41) is 13.2. The van der Waals surface area contributed by atoms with Crippen molar-refractivity contribution in [3.8, 4) is 0 Å². The van der Waals surface area contributed by atoms with Crippen LogP contribution in [0.3, 0.4) is 0 Å². The molecule has 4 amide bonds. The molecule has 3 atom stereocenters. The van der Waals surface area contributed by atoms with Gasteiger partial charge in [-0.2, -0.15) is 0 Å². The Labute approximate surface area is 185 Å². The van der Waals surface area contributed by atoms with Crippen LogP contribution in [0.15, 0.2) is 0 Å². The van der Waals surface area contributed by atoms with E-state index in [1.54, 1.807) is 6.92 Å². The quantitative estimate of drug-likeness (QED) is 0.325. The molecular weight excluding hydrogens is 426 g/mol. The van der Waals surface area contributed by atoms with Gasteiger partial charge in [0.05, 0.1) is 0 Å². The molecule has 12 heteroatoms. The summed E-state index contributed by atoms with van der Waals surface area (Å²) in [6.45, 7) is 3.54. The number of imide groups is 1. The molecule has 0 aliphatic carbocycles. The topological polar surface area (TPSA) is 160 Å². The fourth-order valence-electron chi connectivity index (χ4n) is 3.19. The van der Waals surface area contributed by atoms with Crippen LogP contribution in [0.2, 0.25) is 0 Å². The van der Waals surface area contributed by atoms with Gasteiger partial charge >= 0.3 is 11.9 Å². The normalized spacial score (nSPS) is 20.3. The van der Waals surface area contributed by atoms with Crippen molar-refractivity contribution in [3.63, 3.8) is 0 Å². The van der Waals surface area contributed by atoms with Crippen LogP contribution in [-0.2, 0) is 38.4 Å². The van der Waals surface area contributed by atoms with E-state index >= 15 is 0 Å². The predicted octanol–water partition coefficient (Wildman–Crippen LogP) is 0.0839. The Morgan fingerprint density at radius 3 is 2.22 bits per heavy atom. The first kappa shape index (κ1) is 25.2. The van der Waals surface area contributed by atoms with Gasteiger partial charge in [-0.15, -0.1) is 10.1 Å². The van der Waals surface area contributed by atoms with Crippen LogP contribution in [0.25, 0.3) is 0 Å². The largest absolute Gasteiger partial charge is 0.370 e. The first-order chi connectivity index (χ1) is 15.1. The monoisotopic (exact) mass is 455 g/mol.